The molecule has 0 saturated carbocycles. The molecule has 2 aromatic rings. The van der Waals surface area contributed by atoms with Crippen LogP contribution < -0.4 is 0 Å². The van der Waals surface area contributed by atoms with Gasteiger partial charge in [0, 0.05) is 17.7 Å². The summed E-state index contributed by atoms with van der Waals surface area (Å²) in [6.07, 6.45) is 18.1. The first-order valence-electron chi connectivity index (χ1n) is 19.4. The van der Waals surface area contributed by atoms with Crippen LogP contribution in [0.3, 0.4) is 0 Å². The summed E-state index contributed by atoms with van der Waals surface area (Å²) in [5.74, 6) is 0. The van der Waals surface area contributed by atoms with Gasteiger partial charge in [-0.3, -0.25) is 0 Å². The zero-order valence-electron chi connectivity index (χ0n) is 31.3. The third-order valence-electron chi connectivity index (χ3n) is 10.1. The Kier molecular flexibility index (Phi) is 20.0. The van der Waals surface area contributed by atoms with Gasteiger partial charge in [-0.05, 0) is 56.4 Å². The molecule has 49 heavy (non-hydrogen) atoms. The van der Waals surface area contributed by atoms with Crippen LogP contribution in [0.2, 0.25) is 0 Å². The fraction of sp³-hybridized carbons (Fsp3) is 0.714. The number of hydrogen-bond acceptors (Lipinski definition) is 7. The number of hydrogen-bond donors (Lipinski definition) is 3. The molecule has 4 rings (SSSR count). The number of aryl methyl sites for hydroxylation is 4. The van der Waals surface area contributed by atoms with Crippen LogP contribution in [0.15, 0.2) is 36.4 Å². The maximum absolute atomic E-state index is 10.5. The molecule has 2 saturated heterocycles. The SMILES string of the molecule is CCCCCCCCCCCCCCCCCCO.Cc1ccc(C2OC[C@@H]3OC(c4ccc(C)c(C)c4)O[C@H]([C@H](O)CO)[C@@H]3O2)cc1C. The maximum Gasteiger partial charge on any atom is 0.184 e. The van der Waals surface area contributed by atoms with E-state index in [9.17, 15) is 10.2 Å². The van der Waals surface area contributed by atoms with Crippen molar-refractivity contribution in [3.63, 3.8) is 0 Å². The Labute approximate surface area is 297 Å². The van der Waals surface area contributed by atoms with E-state index in [-0.39, 0.29) is 0 Å². The summed E-state index contributed by atoms with van der Waals surface area (Å²) >= 11 is 0. The number of rotatable bonds is 20. The molecule has 6 atom stereocenters. The summed E-state index contributed by atoms with van der Waals surface area (Å²) in [5, 5.41) is 28.7. The second-order valence-electron chi connectivity index (χ2n) is 14.3. The van der Waals surface area contributed by atoms with Gasteiger partial charge in [0.15, 0.2) is 12.6 Å². The smallest absolute Gasteiger partial charge is 0.184 e. The lowest BCUT2D eigenvalue weighted by atomic mass is 9.98. The average molecular weight is 685 g/mol. The van der Waals surface area contributed by atoms with Crippen molar-refractivity contribution in [3.05, 3.63) is 69.8 Å². The highest BCUT2D eigenvalue weighted by Crippen LogP contribution is 2.39. The van der Waals surface area contributed by atoms with Crippen LogP contribution in [0.4, 0.5) is 0 Å². The van der Waals surface area contributed by atoms with Crippen LogP contribution in [-0.4, -0.2) is 59.6 Å². The van der Waals surface area contributed by atoms with E-state index in [4.69, 9.17) is 24.1 Å². The predicted octanol–water partition coefficient (Wildman–Crippen LogP) is 9.41. The summed E-state index contributed by atoms with van der Waals surface area (Å²) in [5.41, 5.74) is 6.43. The lowest BCUT2D eigenvalue weighted by Gasteiger charge is -2.47. The molecule has 0 aliphatic carbocycles. The van der Waals surface area contributed by atoms with Crippen LogP contribution in [-0.2, 0) is 18.9 Å². The van der Waals surface area contributed by atoms with Crippen molar-refractivity contribution in [1.82, 2.24) is 0 Å². The molecule has 7 nitrogen and oxygen atoms in total. The number of unbranched alkanes of at least 4 members (excludes halogenated alkanes) is 15. The van der Waals surface area contributed by atoms with Crippen LogP contribution in [0, 0.1) is 27.7 Å². The van der Waals surface area contributed by atoms with Crippen molar-refractivity contribution in [2.24, 2.45) is 0 Å². The van der Waals surface area contributed by atoms with Crippen molar-refractivity contribution in [1.29, 1.82) is 0 Å². The lowest BCUT2D eigenvalue weighted by molar-refractivity contribution is -0.373. The molecular weight excluding hydrogens is 616 g/mol. The van der Waals surface area contributed by atoms with Gasteiger partial charge in [0.2, 0.25) is 0 Å². The zero-order valence-corrected chi connectivity index (χ0v) is 31.3. The van der Waals surface area contributed by atoms with Crippen molar-refractivity contribution in [2.45, 2.75) is 174 Å². The maximum atomic E-state index is 10.5. The number of fused-ring (bicyclic) bond motifs is 1. The van der Waals surface area contributed by atoms with Gasteiger partial charge in [0.05, 0.1) is 13.2 Å². The Morgan fingerprint density at radius 3 is 1.51 bits per heavy atom. The van der Waals surface area contributed by atoms with Gasteiger partial charge in [-0.1, -0.05) is 140 Å². The molecule has 7 heteroatoms. The third-order valence-corrected chi connectivity index (χ3v) is 10.1. The minimum absolute atomic E-state index is 0.307. The number of benzene rings is 2. The first-order valence-corrected chi connectivity index (χ1v) is 19.4. The molecular formula is C42H68O7. The Hall–Kier alpha value is -1.84. The highest BCUT2D eigenvalue weighted by atomic mass is 16.8. The highest BCUT2D eigenvalue weighted by molar-refractivity contribution is 5.32. The van der Waals surface area contributed by atoms with Gasteiger partial charge < -0.3 is 34.3 Å². The summed E-state index contributed by atoms with van der Waals surface area (Å²) < 4.78 is 24.4. The fourth-order valence-corrected chi connectivity index (χ4v) is 6.59. The molecule has 2 aliphatic heterocycles. The molecule has 2 heterocycles. The minimum atomic E-state index is -1.09. The van der Waals surface area contributed by atoms with Gasteiger partial charge in [0.1, 0.15) is 24.4 Å². The molecule has 2 unspecified atom stereocenters. The first-order chi connectivity index (χ1) is 23.8. The van der Waals surface area contributed by atoms with Crippen LogP contribution in [0.5, 0.6) is 0 Å². The molecule has 3 N–H and O–H groups in total. The van der Waals surface area contributed by atoms with Crippen molar-refractivity contribution in [3.8, 4) is 0 Å². The number of ether oxygens (including phenoxy) is 4. The van der Waals surface area contributed by atoms with Gasteiger partial charge >= 0.3 is 0 Å². The summed E-state index contributed by atoms with van der Waals surface area (Å²) in [6.45, 7) is 10.7. The minimum Gasteiger partial charge on any atom is -0.396 e. The Bertz CT molecular complexity index is 1150. The summed E-state index contributed by atoms with van der Waals surface area (Å²) in [6, 6.07) is 12.1. The van der Waals surface area contributed by atoms with Crippen molar-refractivity contribution in [2.75, 3.05) is 19.8 Å². The fourth-order valence-electron chi connectivity index (χ4n) is 6.59. The van der Waals surface area contributed by atoms with Crippen molar-refractivity contribution >= 4 is 0 Å². The summed E-state index contributed by atoms with van der Waals surface area (Å²) in [4.78, 5) is 0. The molecule has 0 spiro atoms. The normalized spacial score (nSPS) is 22.7. The van der Waals surface area contributed by atoms with E-state index in [2.05, 4.69) is 13.8 Å². The number of aliphatic hydroxyl groups is 3. The van der Waals surface area contributed by atoms with Crippen molar-refractivity contribution < 1.29 is 34.3 Å². The highest BCUT2D eigenvalue weighted by Gasteiger charge is 2.48. The van der Waals surface area contributed by atoms with Crippen LogP contribution in [0.1, 0.15) is 156 Å². The molecule has 0 radical (unpaired) electrons. The van der Waals surface area contributed by atoms with Gasteiger partial charge in [0.25, 0.3) is 0 Å². The zero-order chi connectivity index (χ0) is 35.4. The Morgan fingerprint density at radius 2 is 1.06 bits per heavy atom. The quantitative estimate of drug-likeness (QED) is 0.120. The number of aliphatic hydroxyl groups excluding tert-OH is 3. The van der Waals surface area contributed by atoms with E-state index in [1.54, 1.807) is 0 Å². The predicted molar refractivity (Wildman–Crippen MR) is 198 cm³/mol. The molecule has 0 bridgehead atoms. The van der Waals surface area contributed by atoms with Crippen LogP contribution >= 0.6 is 0 Å². The lowest BCUT2D eigenvalue weighted by Crippen LogP contribution is -2.58. The summed E-state index contributed by atoms with van der Waals surface area (Å²) in [7, 11) is 0. The van der Waals surface area contributed by atoms with E-state index >= 15 is 0 Å². The van der Waals surface area contributed by atoms with Gasteiger partial charge in [-0.25, -0.2) is 0 Å². The topological polar surface area (TPSA) is 97.6 Å². The molecule has 2 fully saturated rings. The largest absolute Gasteiger partial charge is 0.396 e. The second-order valence-corrected chi connectivity index (χ2v) is 14.3. The first kappa shape index (κ1) is 41.6. The van der Waals surface area contributed by atoms with E-state index in [0.717, 1.165) is 28.7 Å². The Morgan fingerprint density at radius 1 is 0.592 bits per heavy atom. The average Bonchev–Trinajstić information content (AvgIpc) is 3.11. The molecule has 278 valence electrons. The second kappa shape index (κ2) is 23.6. The van der Waals surface area contributed by atoms with E-state index in [1.165, 1.54) is 107 Å². The van der Waals surface area contributed by atoms with E-state index < -0.39 is 43.6 Å². The standard InChI is InChI=1S/C24H30O6.C18H38O/c1-13-5-7-17(9-15(13)3)23-27-12-20-22(30-23)21(19(26)11-25)29-24(28-20)18-8-6-14(2)16(4)10-18;1-2-3-4-5-6-7-8-9-10-11-12-13-14-15-16-17-18-19/h5-10,19-26H,11-12H2,1-4H3;19H,2-18H2,1H3/t19-,20+,21-,22-,23?,24?;/m1./s1. The third kappa shape index (κ3) is 14.4. The molecule has 0 aromatic heterocycles. The van der Waals surface area contributed by atoms with E-state index in [1.807, 2.05) is 57.2 Å². The van der Waals surface area contributed by atoms with Crippen LogP contribution in [0.25, 0.3) is 0 Å². The van der Waals surface area contributed by atoms with Gasteiger partial charge in [-0.2, -0.15) is 0 Å². The monoisotopic (exact) mass is 684 g/mol. The van der Waals surface area contributed by atoms with Gasteiger partial charge in [-0.15, -0.1) is 0 Å². The Balaban J connectivity index is 0.000000298. The molecule has 0 amide bonds. The molecule has 2 aliphatic rings. The van der Waals surface area contributed by atoms with E-state index in [0.29, 0.717) is 13.2 Å². The molecule has 2 aromatic carbocycles.